The van der Waals surface area contributed by atoms with Crippen molar-refractivity contribution in [2.24, 2.45) is 0 Å². The molecule has 0 atom stereocenters. The number of hydrogen-bond acceptors (Lipinski definition) is 2. The van der Waals surface area contributed by atoms with Crippen LogP contribution in [0.4, 0.5) is 0 Å². The number of amides is 2. The summed E-state index contributed by atoms with van der Waals surface area (Å²) in [5.41, 5.74) is 0.933. The summed E-state index contributed by atoms with van der Waals surface area (Å²) in [6, 6.07) is 9.85. The molecule has 1 aromatic rings. The summed E-state index contributed by atoms with van der Waals surface area (Å²) in [4.78, 5) is 25.6. The first-order valence-corrected chi connectivity index (χ1v) is 20.8. The highest BCUT2D eigenvalue weighted by atomic mass is 16.2. The minimum absolute atomic E-state index is 0.0285. The minimum atomic E-state index is -0.455. The Morgan fingerprint density at radius 3 is 0.936 bits per heavy atom. The normalized spacial score (nSPS) is 11.3. The lowest BCUT2D eigenvalue weighted by atomic mass is 10.0. The zero-order chi connectivity index (χ0) is 33.9. The number of carbonyl (C=O) groups excluding carboxylic acids is 2. The minimum Gasteiger partial charge on any atom is -0.332 e. The van der Waals surface area contributed by atoms with Crippen LogP contribution in [0.15, 0.2) is 30.3 Å². The molecule has 0 spiro atoms. The van der Waals surface area contributed by atoms with Crippen LogP contribution in [0.2, 0.25) is 0 Å². The molecule has 0 saturated carbocycles. The average Bonchev–Trinajstić information content (AvgIpc) is 3.08. The van der Waals surface area contributed by atoms with E-state index in [1.165, 1.54) is 167 Å². The first-order valence-electron chi connectivity index (χ1n) is 20.8. The second-order valence-corrected chi connectivity index (χ2v) is 14.4. The van der Waals surface area contributed by atoms with Gasteiger partial charge in [0.15, 0.2) is 0 Å². The summed E-state index contributed by atoms with van der Waals surface area (Å²) in [7, 11) is 0. The predicted octanol–water partition coefficient (Wildman–Crippen LogP) is 13.4. The van der Waals surface area contributed by atoms with E-state index in [1.54, 1.807) is 0 Å². The van der Waals surface area contributed by atoms with E-state index in [9.17, 15) is 9.59 Å². The van der Waals surface area contributed by atoms with Gasteiger partial charge < -0.3 is 10.6 Å². The standard InChI is InChI=1S/C43H78N2O2/c1-3-5-7-9-11-13-15-17-19-21-23-25-27-29-34-38-41(46)44-43(40-36-32-31-33-37-40)45-42(47)39-35-30-28-26-24-22-20-18-16-14-12-10-8-6-4-2/h31-33,36-37,43H,3-30,34-35,38-39H2,1-2H3,(H,44,46)(H,45,47). The van der Waals surface area contributed by atoms with Crippen LogP contribution < -0.4 is 10.6 Å². The van der Waals surface area contributed by atoms with E-state index in [-0.39, 0.29) is 11.8 Å². The molecule has 0 aliphatic heterocycles. The smallest absolute Gasteiger partial charge is 0.221 e. The van der Waals surface area contributed by atoms with Crippen LogP contribution in [0, 0.1) is 0 Å². The lowest BCUT2D eigenvalue weighted by molar-refractivity contribution is -0.124. The number of rotatable bonds is 35. The number of nitrogens with one attached hydrogen (secondary N) is 2. The summed E-state index contributed by atoms with van der Waals surface area (Å²) >= 11 is 0. The molecule has 0 aromatic heterocycles. The molecule has 0 saturated heterocycles. The van der Waals surface area contributed by atoms with Crippen molar-refractivity contribution in [2.45, 2.75) is 225 Å². The Labute approximate surface area is 292 Å². The van der Waals surface area contributed by atoms with Gasteiger partial charge in [0.1, 0.15) is 6.17 Å². The van der Waals surface area contributed by atoms with Gasteiger partial charge >= 0.3 is 0 Å². The Morgan fingerprint density at radius 1 is 0.404 bits per heavy atom. The average molecular weight is 655 g/mol. The van der Waals surface area contributed by atoms with Gasteiger partial charge in [-0.2, -0.15) is 0 Å². The van der Waals surface area contributed by atoms with Gasteiger partial charge in [-0.05, 0) is 18.4 Å². The molecule has 0 aliphatic rings. The second kappa shape index (κ2) is 34.0. The molecule has 4 heteroatoms. The Hall–Kier alpha value is -1.84. The fourth-order valence-corrected chi connectivity index (χ4v) is 6.63. The van der Waals surface area contributed by atoms with E-state index in [0.29, 0.717) is 12.8 Å². The quantitative estimate of drug-likeness (QED) is 0.0565. The molecule has 0 aliphatic carbocycles. The molecular formula is C43H78N2O2. The van der Waals surface area contributed by atoms with Gasteiger partial charge in [-0.3, -0.25) is 9.59 Å². The monoisotopic (exact) mass is 655 g/mol. The van der Waals surface area contributed by atoms with E-state index in [2.05, 4.69) is 24.5 Å². The van der Waals surface area contributed by atoms with E-state index in [4.69, 9.17) is 0 Å². The van der Waals surface area contributed by atoms with Gasteiger partial charge in [-0.25, -0.2) is 0 Å². The van der Waals surface area contributed by atoms with Gasteiger partial charge in [-0.15, -0.1) is 0 Å². The van der Waals surface area contributed by atoms with Crippen molar-refractivity contribution >= 4 is 11.8 Å². The molecular weight excluding hydrogens is 576 g/mol. The lowest BCUT2D eigenvalue weighted by Crippen LogP contribution is -2.41. The third kappa shape index (κ3) is 28.9. The Morgan fingerprint density at radius 2 is 0.660 bits per heavy atom. The summed E-state index contributed by atoms with van der Waals surface area (Å²) < 4.78 is 0. The SMILES string of the molecule is CCCCCCCCCCCCCCCCCC(=O)NC(NC(=O)CCCCCCCCCCCCCCCCC)c1ccccc1. The molecule has 2 amide bonds. The van der Waals surface area contributed by atoms with Crippen molar-refractivity contribution in [3.05, 3.63) is 35.9 Å². The van der Waals surface area contributed by atoms with Crippen molar-refractivity contribution < 1.29 is 9.59 Å². The first kappa shape index (κ1) is 43.2. The van der Waals surface area contributed by atoms with Crippen LogP contribution in [0.1, 0.15) is 231 Å². The van der Waals surface area contributed by atoms with Crippen molar-refractivity contribution in [3.63, 3.8) is 0 Å². The van der Waals surface area contributed by atoms with Crippen LogP contribution in [0.3, 0.4) is 0 Å². The Bertz CT molecular complexity index is 763. The van der Waals surface area contributed by atoms with Gasteiger partial charge in [0.2, 0.25) is 11.8 Å². The number of hydrogen-bond donors (Lipinski definition) is 2. The lowest BCUT2D eigenvalue weighted by Gasteiger charge is -2.21. The Kier molecular flexibility index (Phi) is 31.3. The predicted molar refractivity (Wildman–Crippen MR) is 205 cm³/mol. The summed E-state index contributed by atoms with van der Waals surface area (Å²) in [6.45, 7) is 4.56. The summed E-state index contributed by atoms with van der Waals surface area (Å²) in [5, 5.41) is 6.19. The fraction of sp³-hybridized carbons (Fsp3) is 0.814. The van der Waals surface area contributed by atoms with E-state index < -0.39 is 6.17 Å². The third-order valence-corrected chi connectivity index (χ3v) is 9.76. The Balaban J connectivity index is 2.08. The zero-order valence-electron chi connectivity index (χ0n) is 31.4. The molecule has 0 unspecified atom stereocenters. The molecule has 2 N–H and O–H groups in total. The number of benzene rings is 1. The molecule has 0 fully saturated rings. The number of unbranched alkanes of at least 4 members (excludes halogenated alkanes) is 28. The van der Waals surface area contributed by atoms with E-state index in [1.807, 2.05) is 30.3 Å². The van der Waals surface area contributed by atoms with E-state index in [0.717, 1.165) is 31.2 Å². The van der Waals surface area contributed by atoms with Crippen LogP contribution in [-0.4, -0.2) is 11.8 Å². The first-order chi connectivity index (χ1) is 23.2. The largest absolute Gasteiger partial charge is 0.332 e. The maximum absolute atomic E-state index is 12.8. The van der Waals surface area contributed by atoms with Crippen molar-refractivity contribution in [1.29, 1.82) is 0 Å². The molecule has 4 nitrogen and oxygen atoms in total. The molecule has 0 radical (unpaired) electrons. The fourth-order valence-electron chi connectivity index (χ4n) is 6.63. The van der Waals surface area contributed by atoms with Crippen LogP contribution >= 0.6 is 0 Å². The highest BCUT2D eigenvalue weighted by Gasteiger charge is 2.16. The molecule has 272 valence electrons. The molecule has 0 heterocycles. The van der Waals surface area contributed by atoms with Crippen LogP contribution in [0.5, 0.6) is 0 Å². The molecule has 1 aromatic carbocycles. The number of carbonyl (C=O) groups is 2. The van der Waals surface area contributed by atoms with Crippen molar-refractivity contribution in [1.82, 2.24) is 10.6 Å². The third-order valence-electron chi connectivity index (χ3n) is 9.76. The van der Waals surface area contributed by atoms with Gasteiger partial charge in [0.05, 0.1) is 0 Å². The molecule has 0 bridgehead atoms. The van der Waals surface area contributed by atoms with E-state index >= 15 is 0 Å². The maximum atomic E-state index is 12.8. The topological polar surface area (TPSA) is 58.2 Å². The van der Waals surface area contributed by atoms with Gasteiger partial charge in [-0.1, -0.05) is 224 Å². The van der Waals surface area contributed by atoms with Crippen molar-refractivity contribution in [2.75, 3.05) is 0 Å². The molecule has 1 rings (SSSR count). The summed E-state index contributed by atoms with van der Waals surface area (Å²) in [5.74, 6) is 0.0571. The summed E-state index contributed by atoms with van der Waals surface area (Å²) in [6.07, 6.45) is 40.2. The van der Waals surface area contributed by atoms with Crippen molar-refractivity contribution in [3.8, 4) is 0 Å². The highest BCUT2D eigenvalue weighted by molar-refractivity contribution is 5.79. The van der Waals surface area contributed by atoms with Crippen LogP contribution in [-0.2, 0) is 9.59 Å². The maximum Gasteiger partial charge on any atom is 0.221 e. The van der Waals surface area contributed by atoms with Gasteiger partial charge in [0, 0.05) is 12.8 Å². The van der Waals surface area contributed by atoms with Crippen LogP contribution in [0.25, 0.3) is 0 Å². The highest BCUT2D eigenvalue weighted by Crippen LogP contribution is 2.16. The molecule has 47 heavy (non-hydrogen) atoms. The second-order valence-electron chi connectivity index (χ2n) is 14.4. The zero-order valence-corrected chi connectivity index (χ0v) is 31.4. The van der Waals surface area contributed by atoms with Gasteiger partial charge in [0.25, 0.3) is 0 Å².